The van der Waals surface area contributed by atoms with Gasteiger partial charge in [0.05, 0.1) is 11.1 Å². The minimum Gasteiger partial charge on any atom is -0.492 e. The Morgan fingerprint density at radius 1 is 0.889 bits per heavy atom. The summed E-state index contributed by atoms with van der Waals surface area (Å²) in [5.74, 6) is 0.122. The molecule has 0 fully saturated rings. The van der Waals surface area contributed by atoms with Gasteiger partial charge in [-0.15, -0.1) is 0 Å². The fourth-order valence-corrected chi connectivity index (χ4v) is 4.01. The highest BCUT2D eigenvalue weighted by atomic mass is 79.9. The van der Waals surface area contributed by atoms with Gasteiger partial charge in [-0.25, -0.2) is 0 Å². The summed E-state index contributed by atoms with van der Waals surface area (Å²) in [5, 5.41) is 8.69. The number of carbonyl (C=O) groups is 2. The highest BCUT2D eigenvalue weighted by molar-refractivity contribution is 9.10. The van der Waals surface area contributed by atoms with Crippen LogP contribution in [0, 0.1) is 0 Å². The number of amides is 2. The average molecular weight is 569 g/mol. The number of hydrogen-bond donors (Lipinski definition) is 3. The molecule has 188 valence electrons. The molecule has 0 aromatic heterocycles. The van der Waals surface area contributed by atoms with Gasteiger partial charge in [0, 0.05) is 22.5 Å². The van der Waals surface area contributed by atoms with Crippen molar-refractivity contribution in [3.05, 3.63) is 87.9 Å². The van der Waals surface area contributed by atoms with E-state index in [9.17, 15) is 9.59 Å². The minimum atomic E-state index is -0.349. The predicted octanol–water partition coefficient (Wildman–Crippen LogP) is 6.91. The largest absolute Gasteiger partial charge is 0.492 e. The quantitative estimate of drug-likeness (QED) is 0.270. The minimum absolute atomic E-state index is 0.0197. The zero-order valence-corrected chi connectivity index (χ0v) is 23.2. The summed E-state index contributed by atoms with van der Waals surface area (Å²) in [7, 11) is 0. The van der Waals surface area contributed by atoms with Crippen LogP contribution in [-0.2, 0) is 5.41 Å². The molecule has 0 aliphatic heterocycles. The van der Waals surface area contributed by atoms with E-state index >= 15 is 0 Å². The van der Waals surface area contributed by atoms with Gasteiger partial charge in [0.1, 0.15) is 5.75 Å². The van der Waals surface area contributed by atoms with Crippen molar-refractivity contribution in [1.29, 1.82) is 0 Å². The fraction of sp³-hybridized carbons (Fsp3) is 0.250. The third-order valence-corrected chi connectivity index (χ3v) is 6.10. The summed E-state index contributed by atoms with van der Waals surface area (Å²) in [5.41, 5.74) is 3.42. The Morgan fingerprint density at radius 2 is 1.53 bits per heavy atom. The lowest BCUT2D eigenvalue weighted by Gasteiger charge is -2.19. The molecule has 3 aromatic rings. The Balaban J connectivity index is 1.59. The molecular formula is C28H30BrN3O3S. The first-order chi connectivity index (χ1) is 17.1. The van der Waals surface area contributed by atoms with Crippen molar-refractivity contribution in [2.45, 2.75) is 39.5 Å². The number of rotatable bonds is 7. The number of hydrogen-bond acceptors (Lipinski definition) is 4. The van der Waals surface area contributed by atoms with Crippen LogP contribution in [0.4, 0.5) is 11.4 Å². The Bertz CT molecular complexity index is 1250. The number of carbonyl (C=O) groups excluding carboxylic acids is 2. The smallest absolute Gasteiger partial charge is 0.257 e. The zero-order chi connectivity index (χ0) is 26.3. The van der Waals surface area contributed by atoms with Gasteiger partial charge >= 0.3 is 0 Å². The molecule has 0 atom stereocenters. The molecule has 0 saturated heterocycles. The predicted molar refractivity (Wildman–Crippen MR) is 153 cm³/mol. The average Bonchev–Trinajstić information content (AvgIpc) is 2.83. The van der Waals surface area contributed by atoms with E-state index in [0.717, 1.165) is 12.0 Å². The lowest BCUT2D eigenvalue weighted by molar-refractivity contribution is 0.0976. The van der Waals surface area contributed by atoms with Crippen molar-refractivity contribution in [3.63, 3.8) is 0 Å². The standard InChI is InChI=1S/C28H30BrN3O3S/c1-5-15-35-24-14-11-19(16-23(24)29)26(34)32-27(36)31-22-8-6-7-21(17-22)30-25(33)18-9-12-20(13-10-18)28(2,3)4/h6-14,16-17H,5,15H2,1-4H3,(H,30,33)(H2,31,32,34,36). The molecule has 3 rings (SSSR count). The van der Waals surface area contributed by atoms with Gasteiger partial charge in [0.15, 0.2) is 5.11 Å². The van der Waals surface area contributed by atoms with Gasteiger partial charge in [0.25, 0.3) is 11.8 Å². The van der Waals surface area contributed by atoms with Gasteiger partial charge in [-0.05, 0) is 94.1 Å². The summed E-state index contributed by atoms with van der Waals surface area (Å²) in [4.78, 5) is 25.3. The lowest BCUT2D eigenvalue weighted by atomic mass is 9.87. The Hall–Kier alpha value is -3.23. The molecule has 0 bridgehead atoms. The molecule has 36 heavy (non-hydrogen) atoms. The van der Waals surface area contributed by atoms with Crippen LogP contribution < -0.4 is 20.7 Å². The number of anilines is 2. The molecule has 0 saturated carbocycles. The molecule has 0 spiro atoms. The lowest BCUT2D eigenvalue weighted by Crippen LogP contribution is -2.34. The van der Waals surface area contributed by atoms with Crippen LogP contribution in [0.25, 0.3) is 0 Å². The molecular weight excluding hydrogens is 538 g/mol. The molecule has 0 radical (unpaired) electrons. The molecule has 2 amide bonds. The Labute approximate surface area is 226 Å². The van der Waals surface area contributed by atoms with Crippen LogP contribution in [-0.4, -0.2) is 23.5 Å². The molecule has 0 heterocycles. The first-order valence-corrected chi connectivity index (χ1v) is 12.8. The van der Waals surface area contributed by atoms with E-state index < -0.39 is 0 Å². The van der Waals surface area contributed by atoms with E-state index in [1.165, 1.54) is 0 Å². The van der Waals surface area contributed by atoms with Gasteiger partial charge in [-0.1, -0.05) is 45.9 Å². The maximum absolute atomic E-state index is 12.7. The highest BCUT2D eigenvalue weighted by Gasteiger charge is 2.15. The number of halogens is 1. The first-order valence-electron chi connectivity index (χ1n) is 11.6. The van der Waals surface area contributed by atoms with Crippen LogP contribution in [0.2, 0.25) is 0 Å². The van der Waals surface area contributed by atoms with E-state index in [-0.39, 0.29) is 22.3 Å². The van der Waals surface area contributed by atoms with Crippen LogP contribution in [0.15, 0.2) is 71.2 Å². The maximum atomic E-state index is 12.7. The van der Waals surface area contributed by atoms with Crippen molar-refractivity contribution in [1.82, 2.24) is 5.32 Å². The van der Waals surface area contributed by atoms with E-state index in [2.05, 4.69) is 52.7 Å². The third-order valence-electron chi connectivity index (χ3n) is 5.27. The maximum Gasteiger partial charge on any atom is 0.257 e. The van der Waals surface area contributed by atoms with Crippen molar-refractivity contribution in [2.75, 3.05) is 17.2 Å². The summed E-state index contributed by atoms with van der Waals surface area (Å²) in [6.45, 7) is 9.02. The Kier molecular flexibility index (Phi) is 9.23. The zero-order valence-electron chi connectivity index (χ0n) is 20.8. The van der Waals surface area contributed by atoms with Gasteiger partial charge in [0.2, 0.25) is 0 Å². The monoisotopic (exact) mass is 567 g/mol. The topological polar surface area (TPSA) is 79.5 Å². The molecule has 8 heteroatoms. The van der Waals surface area contributed by atoms with Crippen LogP contribution in [0.3, 0.4) is 0 Å². The summed E-state index contributed by atoms with van der Waals surface area (Å²) in [6, 6.07) is 19.8. The molecule has 3 aromatic carbocycles. The fourth-order valence-electron chi connectivity index (χ4n) is 3.31. The van der Waals surface area contributed by atoms with Crippen molar-refractivity contribution < 1.29 is 14.3 Å². The SMILES string of the molecule is CCCOc1ccc(C(=O)NC(=S)Nc2cccc(NC(=O)c3ccc(C(C)(C)C)cc3)c2)cc1Br. The molecule has 0 aliphatic carbocycles. The number of thiocarbonyl (C=S) groups is 1. The molecule has 0 unspecified atom stereocenters. The van der Waals surface area contributed by atoms with E-state index in [1.54, 1.807) is 42.5 Å². The van der Waals surface area contributed by atoms with Gasteiger partial charge in [-0.2, -0.15) is 0 Å². The highest BCUT2D eigenvalue weighted by Crippen LogP contribution is 2.26. The second-order valence-corrected chi connectivity index (χ2v) is 10.5. The number of benzene rings is 3. The van der Waals surface area contributed by atoms with Crippen molar-refractivity contribution >= 4 is 56.4 Å². The van der Waals surface area contributed by atoms with Crippen LogP contribution in [0.5, 0.6) is 5.75 Å². The summed E-state index contributed by atoms with van der Waals surface area (Å²) >= 11 is 8.75. The second-order valence-electron chi connectivity index (χ2n) is 9.26. The Morgan fingerprint density at radius 3 is 2.14 bits per heavy atom. The van der Waals surface area contributed by atoms with Gasteiger partial charge < -0.3 is 15.4 Å². The number of ether oxygens (including phenoxy) is 1. The van der Waals surface area contributed by atoms with E-state index in [1.807, 2.05) is 31.2 Å². The summed E-state index contributed by atoms with van der Waals surface area (Å²) in [6.07, 6.45) is 0.893. The van der Waals surface area contributed by atoms with Crippen LogP contribution >= 0.6 is 28.1 Å². The van der Waals surface area contributed by atoms with Crippen LogP contribution in [0.1, 0.15) is 60.4 Å². The normalized spacial score (nSPS) is 10.9. The molecule has 6 nitrogen and oxygen atoms in total. The number of nitrogens with one attached hydrogen (secondary N) is 3. The van der Waals surface area contributed by atoms with Crippen molar-refractivity contribution in [3.8, 4) is 5.75 Å². The van der Waals surface area contributed by atoms with Gasteiger partial charge in [-0.3, -0.25) is 14.9 Å². The molecule has 3 N–H and O–H groups in total. The summed E-state index contributed by atoms with van der Waals surface area (Å²) < 4.78 is 6.31. The second kappa shape index (κ2) is 12.1. The van der Waals surface area contributed by atoms with E-state index in [0.29, 0.717) is 39.3 Å². The molecule has 0 aliphatic rings. The third kappa shape index (κ3) is 7.63. The van der Waals surface area contributed by atoms with Crippen molar-refractivity contribution in [2.24, 2.45) is 0 Å². The van der Waals surface area contributed by atoms with E-state index in [4.69, 9.17) is 17.0 Å². The first kappa shape index (κ1) is 27.4.